The second-order valence-electron chi connectivity index (χ2n) is 9.50. The number of aromatic amines is 1. The highest BCUT2D eigenvalue weighted by atomic mass is 35.5. The normalized spacial score (nSPS) is 33.2. The highest BCUT2D eigenvalue weighted by molar-refractivity contribution is 8.00. The van der Waals surface area contributed by atoms with Gasteiger partial charge < -0.3 is 4.98 Å². The van der Waals surface area contributed by atoms with Crippen molar-refractivity contribution in [3.8, 4) is 0 Å². The van der Waals surface area contributed by atoms with E-state index in [1.807, 2.05) is 24.3 Å². The summed E-state index contributed by atoms with van der Waals surface area (Å²) in [6, 6.07) is 13.3. The van der Waals surface area contributed by atoms with Crippen LogP contribution in [0, 0.1) is 35.4 Å². The lowest BCUT2D eigenvalue weighted by atomic mass is 9.68. The molecule has 2 aromatic carbocycles. The summed E-state index contributed by atoms with van der Waals surface area (Å²) in [7, 11) is 0. The maximum absolute atomic E-state index is 13.6. The third kappa shape index (κ3) is 2.76. The summed E-state index contributed by atoms with van der Waals surface area (Å²) in [5.74, 6) is -1.30. The molecule has 1 N–H and O–H groups in total. The second kappa shape index (κ2) is 7.29. The minimum absolute atomic E-state index is 0.0267. The maximum atomic E-state index is 13.6. The lowest BCUT2D eigenvalue weighted by Crippen LogP contribution is -2.42. The molecule has 172 valence electrons. The van der Waals surface area contributed by atoms with E-state index >= 15 is 0 Å². The zero-order valence-electron chi connectivity index (χ0n) is 17.6. The van der Waals surface area contributed by atoms with Crippen molar-refractivity contribution in [3.05, 3.63) is 79.5 Å². The number of benzene rings is 2. The Hall–Kier alpha value is -2.42. The molecule has 3 aromatic rings. The number of thioether (sulfide) groups is 1. The number of halogens is 2. The number of nitrogens with zero attached hydrogens (tertiary/aromatic N) is 1. The van der Waals surface area contributed by atoms with Crippen molar-refractivity contribution in [2.75, 3.05) is 4.90 Å². The van der Waals surface area contributed by atoms with Gasteiger partial charge in [-0.05, 0) is 66.1 Å². The third-order valence-corrected chi connectivity index (χ3v) is 10.9. The number of amides is 2. The molecule has 2 amide bonds. The average Bonchev–Trinajstić information content (AvgIpc) is 3.54. The van der Waals surface area contributed by atoms with Crippen LogP contribution >= 0.6 is 34.7 Å². The van der Waals surface area contributed by atoms with Gasteiger partial charge in [-0.25, -0.2) is 4.39 Å². The van der Waals surface area contributed by atoms with Gasteiger partial charge >= 0.3 is 4.87 Å². The lowest BCUT2D eigenvalue weighted by Gasteiger charge is -2.43. The standard InChI is InChI=1S/C25H18ClFN2O3S2/c26-11-3-1-10(2-4-11)16-17-14-9-15(20(17)33-22-21(16)34-25(32)28-22)19-18(14)23(30)29(24(19)31)13-7-5-12(27)6-8-13/h1-8,14-20H,9H2,(H,28,32)/t14-,15+,16+,17+,18+,19+,20+/m0/s1. The quantitative estimate of drug-likeness (QED) is 0.495. The molecule has 1 saturated heterocycles. The Balaban J connectivity index is 1.32. The van der Waals surface area contributed by atoms with Gasteiger partial charge in [0.2, 0.25) is 11.8 Å². The number of thiazole rings is 1. The molecule has 0 unspecified atom stereocenters. The molecule has 3 heterocycles. The molecule has 0 radical (unpaired) electrons. The van der Waals surface area contributed by atoms with Crippen LogP contribution in [0.5, 0.6) is 0 Å². The van der Waals surface area contributed by atoms with E-state index in [2.05, 4.69) is 4.98 Å². The van der Waals surface area contributed by atoms with Gasteiger partial charge in [-0.15, -0.1) is 11.8 Å². The predicted molar refractivity (Wildman–Crippen MR) is 129 cm³/mol. The van der Waals surface area contributed by atoms with Crippen LogP contribution < -0.4 is 9.77 Å². The first-order valence-corrected chi connectivity index (χ1v) is 13.3. The number of aromatic nitrogens is 1. The van der Waals surface area contributed by atoms with Crippen LogP contribution in [-0.4, -0.2) is 22.0 Å². The van der Waals surface area contributed by atoms with Crippen LogP contribution in [-0.2, 0) is 9.59 Å². The Morgan fingerprint density at radius 3 is 2.32 bits per heavy atom. The highest BCUT2D eigenvalue weighted by Crippen LogP contribution is 2.68. The molecule has 2 bridgehead atoms. The SMILES string of the molecule is O=C1[C@@H]2[C@H]3C[C@@H]([C@H]4Sc5[nH]c(=O)sc5[C@H](c5ccc(Cl)cc5)[C@@H]34)[C@H]2C(=O)N1c1ccc(F)cc1. The molecule has 1 aromatic heterocycles. The van der Waals surface area contributed by atoms with E-state index in [0.717, 1.165) is 21.9 Å². The monoisotopic (exact) mass is 512 g/mol. The van der Waals surface area contributed by atoms with Crippen LogP contribution in [0.15, 0.2) is 58.4 Å². The predicted octanol–water partition coefficient (Wildman–Crippen LogP) is 4.91. The summed E-state index contributed by atoms with van der Waals surface area (Å²) in [4.78, 5) is 44.6. The second-order valence-corrected chi connectivity index (χ2v) is 12.1. The molecule has 7 atom stereocenters. The Kier molecular flexibility index (Phi) is 4.48. The van der Waals surface area contributed by atoms with E-state index in [0.29, 0.717) is 10.7 Å². The molecule has 2 aliphatic carbocycles. The Bertz CT molecular complexity index is 1400. The van der Waals surface area contributed by atoms with Crippen molar-refractivity contribution in [1.29, 1.82) is 0 Å². The van der Waals surface area contributed by atoms with Crippen LogP contribution in [0.3, 0.4) is 0 Å². The molecule has 9 heteroatoms. The number of hydrogen-bond acceptors (Lipinski definition) is 5. The van der Waals surface area contributed by atoms with Gasteiger partial charge in [-0.1, -0.05) is 35.1 Å². The highest BCUT2D eigenvalue weighted by Gasteiger charge is 2.69. The van der Waals surface area contributed by atoms with Crippen LogP contribution in [0.25, 0.3) is 0 Å². The van der Waals surface area contributed by atoms with Gasteiger partial charge in [0, 0.05) is 21.1 Å². The maximum Gasteiger partial charge on any atom is 0.305 e. The van der Waals surface area contributed by atoms with Gasteiger partial charge in [-0.2, -0.15) is 0 Å². The van der Waals surface area contributed by atoms with Crippen molar-refractivity contribution in [2.45, 2.75) is 22.6 Å². The molecule has 2 aliphatic heterocycles. The zero-order valence-corrected chi connectivity index (χ0v) is 20.0. The van der Waals surface area contributed by atoms with Gasteiger partial charge in [0.1, 0.15) is 5.82 Å². The average molecular weight is 513 g/mol. The third-order valence-electron chi connectivity index (χ3n) is 8.04. The van der Waals surface area contributed by atoms with Crippen LogP contribution in [0.4, 0.5) is 10.1 Å². The van der Waals surface area contributed by atoms with Crippen molar-refractivity contribution in [3.63, 3.8) is 0 Å². The number of hydrogen-bond donors (Lipinski definition) is 1. The first-order valence-electron chi connectivity index (χ1n) is 11.2. The zero-order chi connectivity index (χ0) is 23.3. The fraction of sp³-hybridized carbons (Fsp3) is 0.320. The summed E-state index contributed by atoms with van der Waals surface area (Å²) >= 11 is 9.05. The van der Waals surface area contributed by atoms with E-state index in [1.54, 1.807) is 11.8 Å². The molecule has 34 heavy (non-hydrogen) atoms. The molecular formula is C25H18ClFN2O3S2. The number of fused-ring (bicyclic) bond motifs is 9. The minimum Gasteiger partial charge on any atom is -0.307 e. The van der Waals surface area contributed by atoms with E-state index in [9.17, 15) is 18.8 Å². The topological polar surface area (TPSA) is 70.2 Å². The fourth-order valence-corrected chi connectivity index (χ4v) is 9.92. The summed E-state index contributed by atoms with van der Waals surface area (Å²) in [6.07, 6.45) is 0.829. The molecule has 4 aliphatic rings. The Morgan fingerprint density at radius 1 is 0.941 bits per heavy atom. The summed E-state index contributed by atoms with van der Waals surface area (Å²) < 4.78 is 13.5. The number of imide groups is 1. The van der Waals surface area contributed by atoms with E-state index in [-0.39, 0.29) is 57.4 Å². The number of H-pyrrole nitrogens is 1. The first-order chi connectivity index (χ1) is 16.4. The van der Waals surface area contributed by atoms with Gasteiger partial charge in [-0.3, -0.25) is 19.3 Å². The van der Waals surface area contributed by atoms with Crippen molar-refractivity contribution in [1.82, 2.24) is 4.98 Å². The summed E-state index contributed by atoms with van der Waals surface area (Å²) in [6.45, 7) is 0. The fourth-order valence-electron chi connectivity index (χ4n) is 6.90. The van der Waals surface area contributed by atoms with E-state index < -0.39 is 5.82 Å². The number of carbonyl (C=O) groups excluding carboxylic acids is 2. The molecule has 0 spiro atoms. The van der Waals surface area contributed by atoms with Crippen LogP contribution in [0.1, 0.15) is 22.8 Å². The van der Waals surface area contributed by atoms with Gasteiger partial charge in [0.25, 0.3) is 0 Å². The van der Waals surface area contributed by atoms with E-state index in [1.165, 1.54) is 40.5 Å². The summed E-state index contributed by atoms with van der Waals surface area (Å²) in [5, 5.41) is 1.66. The molecule has 7 rings (SSSR count). The van der Waals surface area contributed by atoms with E-state index in [4.69, 9.17) is 11.6 Å². The molecular weight excluding hydrogens is 495 g/mol. The number of rotatable bonds is 2. The van der Waals surface area contributed by atoms with Gasteiger partial charge in [0.05, 0.1) is 22.5 Å². The summed E-state index contributed by atoms with van der Waals surface area (Å²) in [5.41, 5.74) is 1.51. The smallest absolute Gasteiger partial charge is 0.305 e. The Labute approximate surface area is 207 Å². The molecule has 2 saturated carbocycles. The molecule has 3 fully saturated rings. The number of anilines is 1. The van der Waals surface area contributed by atoms with Gasteiger partial charge in [0.15, 0.2) is 0 Å². The minimum atomic E-state index is -0.406. The van der Waals surface area contributed by atoms with Crippen molar-refractivity contribution >= 4 is 52.2 Å². The number of nitrogens with one attached hydrogen (secondary N) is 1. The Morgan fingerprint density at radius 2 is 1.62 bits per heavy atom. The lowest BCUT2D eigenvalue weighted by molar-refractivity contribution is -0.123. The first kappa shape index (κ1) is 20.9. The van der Waals surface area contributed by atoms with Crippen LogP contribution in [0.2, 0.25) is 5.02 Å². The van der Waals surface area contributed by atoms with Crippen molar-refractivity contribution in [2.24, 2.45) is 29.6 Å². The van der Waals surface area contributed by atoms with Crippen molar-refractivity contribution < 1.29 is 14.0 Å². The number of carbonyl (C=O) groups is 2. The molecule has 5 nitrogen and oxygen atoms in total. The largest absolute Gasteiger partial charge is 0.307 e.